The Morgan fingerprint density at radius 1 is 1.42 bits per heavy atom. The molecular weight excluding hydrogens is 264 g/mol. The number of hydrogen-bond donors (Lipinski definition) is 2. The minimum absolute atomic E-state index is 0.194. The number of urea groups is 1. The summed E-state index contributed by atoms with van der Waals surface area (Å²) in [5.74, 6) is -0.0982. The number of rotatable bonds is 5. The average molecular weight is 282 g/mol. The van der Waals surface area contributed by atoms with Crippen LogP contribution in [0, 0.1) is 6.92 Å². The molecule has 5 nitrogen and oxygen atoms in total. The van der Waals surface area contributed by atoms with Crippen LogP contribution in [0.25, 0.3) is 0 Å². The second-order valence-electron chi connectivity index (χ2n) is 4.18. The van der Waals surface area contributed by atoms with E-state index in [1.807, 2.05) is 6.26 Å². The molecule has 1 aromatic rings. The van der Waals surface area contributed by atoms with E-state index in [4.69, 9.17) is 5.11 Å². The van der Waals surface area contributed by atoms with Crippen LogP contribution in [0.1, 0.15) is 15.9 Å². The van der Waals surface area contributed by atoms with E-state index < -0.39 is 5.97 Å². The van der Waals surface area contributed by atoms with Crippen molar-refractivity contribution in [2.75, 3.05) is 30.9 Å². The smallest absolute Gasteiger partial charge is 0.335 e. The third-order valence-electron chi connectivity index (χ3n) is 2.69. The van der Waals surface area contributed by atoms with Gasteiger partial charge in [-0.1, -0.05) is 0 Å². The predicted molar refractivity (Wildman–Crippen MR) is 78.2 cm³/mol. The van der Waals surface area contributed by atoms with E-state index in [1.165, 1.54) is 6.07 Å². The monoisotopic (exact) mass is 282 g/mol. The molecule has 0 aromatic heterocycles. The molecule has 0 fully saturated rings. The first-order valence-electron chi connectivity index (χ1n) is 5.80. The van der Waals surface area contributed by atoms with Gasteiger partial charge in [0.15, 0.2) is 0 Å². The fraction of sp³-hybridized carbons (Fsp3) is 0.385. The highest BCUT2D eigenvalue weighted by Gasteiger charge is 2.11. The van der Waals surface area contributed by atoms with Crippen molar-refractivity contribution in [3.05, 3.63) is 29.3 Å². The van der Waals surface area contributed by atoms with E-state index in [9.17, 15) is 9.59 Å². The highest BCUT2D eigenvalue weighted by Crippen LogP contribution is 2.17. The highest BCUT2D eigenvalue weighted by atomic mass is 32.2. The summed E-state index contributed by atoms with van der Waals surface area (Å²) in [5.41, 5.74) is 1.57. The van der Waals surface area contributed by atoms with E-state index in [0.29, 0.717) is 12.2 Å². The van der Waals surface area contributed by atoms with Gasteiger partial charge in [0.05, 0.1) is 5.56 Å². The molecule has 104 valence electrons. The van der Waals surface area contributed by atoms with Crippen LogP contribution in [0.3, 0.4) is 0 Å². The summed E-state index contributed by atoms with van der Waals surface area (Å²) in [5, 5.41) is 11.6. The molecule has 1 aromatic carbocycles. The van der Waals surface area contributed by atoms with Gasteiger partial charge in [-0.3, -0.25) is 0 Å². The molecule has 0 heterocycles. The van der Waals surface area contributed by atoms with Crippen LogP contribution in [0.2, 0.25) is 0 Å². The number of amides is 2. The molecule has 0 spiro atoms. The second kappa shape index (κ2) is 7.04. The first-order valence-corrected chi connectivity index (χ1v) is 7.20. The zero-order valence-electron chi connectivity index (χ0n) is 11.3. The van der Waals surface area contributed by atoms with Crippen LogP contribution >= 0.6 is 11.8 Å². The van der Waals surface area contributed by atoms with E-state index in [2.05, 4.69) is 5.32 Å². The number of hydrogen-bond acceptors (Lipinski definition) is 3. The molecule has 1 rings (SSSR count). The SMILES string of the molecule is CSCCN(C)C(=O)Nc1ccc(C(=O)O)cc1C. The van der Waals surface area contributed by atoms with Crippen LogP contribution in [-0.2, 0) is 0 Å². The lowest BCUT2D eigenvalue weighted by Crippen LogP contribution is -2.33. The first-order chi connectivity index (χ1) is 8.95. The Hall–Kier alpha value is -1.69. The molecule has 0 radical (unpaired) electrons. The van der Waals surface area contributed by atoms with Gasteiger partial charge in [0, 0.05) is 25.0 Å². The highest BCUT2D eigenvalue weighted by molar-refractivity contribution is 7.98. The number of carboxylic acids is 1. The van der Waals surface area contributed by atoms with Gasteiger partial charge in [0.2, 0.25) is 0 Å². The fourth-order valence-electron chi connectivity index (χ4n) is 1.48. The molecule has 0 aliphatic heterocycles. The molecule has 0 saturated heterocycles. The maximum Gasteiger partial charge on any atom is 0.335 e. The second-order valence-corrected chi connectivity index (χ2v) is 5.16. The van der Waals surface area contributed by atoms with Crippen molar-refractivity contribution in [2.45, 2.75) is 6.92 Å². The van der Waals surface area contributed by atoms with E-state index in [-0.39, 0.29) is 11.6 Å². The Morgan fingerprint density at radius 3 is 2.63 bits per heavy atom. The third-order valence-corrected chi connectivity index (χ3v) is 3.28. The summed E-state index contributed by atoms with van der Waals surface area (Å²) < 4.78 is 0. The zero-order chi connectivity index (χ0) is 14.4. The number of anilines is 1. The number of carbonyl (C=O) groups excluding carboxylic acids is 1. The molecule has 0 bridgehead atoms. The number of benzene rings is 1. The maximum atomic E-state index is 11.9. The molecule has 0 atom stereocenters. The standard InChI is InChI=1S/C13H18N2O3S/c1-9-8-10(12(16)17)4-5-11(9)14-13(18)15(2)6-7-19-3/h4-5,8H,6-7H2,1-3H3,(H,14,18)(H,16,17). The van der Waals surface area contributed by atoms with Crippen LogP contribution < -0.4 is 5.32 Å². The number of nitrogens with zero attached hydrogens (tertiary/aromatic N) is 1. The Labute approximate surface area is 117 Å². The van der Waals surface area contributed by atoms with Gasteiger partial charge in [0.1, 0.15) is 0 Å². The molecule has 0 aliphatic rings. The predicted octanol–water partition coefficient (Wildman–Crippen LogP) is 2.52. The van der Waals surface area contributed by atoms with Crippen molar-refractivity contribution in [1.29, 1.82) is 0 Å². The topological polar surface area (TPSA) is 69.6 Å². The normalized spacial score (nSPS) is 10.1. The van der Waals surface area contributed by atoms with Crippen LogP contribution in [0.4, 0.5) is 10.5 Å². The summed E-state index contributed by atoms with van der Waals surface area (Å²) in [7, 11) is 1.73. The van der Waals surface area contributed by atoms with Gasteiger partial charge in [-0.25, -0.2) is 9.59 Å². The average Bonchev–Trinajstić information content (AvgIpc) is 2.37. The first kappa shape index (κ1) is 15.4. The Bertz CT molecular complexity index is 477. The number of nitrogens with one attached hydrogen (secondary N) is 1. The van der Waals surface area contributed by atoms with Crippen molar-refractivity contribution < 1.29 is 14.7 Å². The third kappa shape index (κ3) is 4.48. The number of thioether (sulfide) groups is 1. The number of carbonyl (C=O) groups is 2. The lowest BCUT2D eigenvalue weighted by Gasteiger charge is -2.18. The Morgan fingerprint density at radius 2 is 2.11 bits per heavy atom. The van der Waals surface area contributed by atoms with Crippen LogP contribution in [0.15, 0.2) is 18.2 Å². The number of carboxylic acid groups (broad SMARTS) is 1. The minimum Gasteiger partial charge on any atom is -0.478 e. The summed E-state index contributed by atoms with van der Waals surface area (Å²) in [6, 6.07) is 4.44. The molecule has 0 unspecified atom stereocenters. The Kier molecular flexibility index (Phi) is 5.69. The molecular formula is C13H18N2O3S. The minimum atomic E-state index is -0.974. The van der Waals surface area contributed by atoms with Crippen molar-refractivity contribution in [2.24, 2.45) is 0 Å². The van der Waals surface area contributed by atoms with Gasteiger partial charge in [0.25, 0.3) is 0 Å². The molecule has 0 saturated carbocycles. The summed E-state index contributed by atoms with van der Waals surface area (Å²) >= 11 is 1.68. The van der Waals surface area contributed by atoms with Gasteiger partial charge in [-0.2, -0.15) is 11.8 Å². The molecule has 2 N–H and O–H groups in total. The molecule has 0 aliphatic carbocycles. The zero-order valence-corrected chi connectivity index (χ0v) is 12.1. The van der Waals surface area contributed by atoms with Gasteiger partial charge < -0.3 is 15.3 Å². The van der Waals surface area contributed by atoms with Crippen molar-refractivity contribution in [3.8, 4) is 0 Å². The maximum absolute atomic E-state index is 11.9. The molecule has 6 heteroatoms. The van der Waals surface area contributed by atoms with Crippen molar-refractivity contribution >= 4 is 29.4 Å². The molecule has 19 heavy (non-hydrogen) atoms. The van der Waals surface area contributed by atoms with E-state index >= 15 is 0 Å². The van der Waals surface area contributed by atoms with Gasteiger partial charge >= 0.3 is 12.0 Å². The Balaban J connectivity index is 2.72. The van der Waals surface area contributed by atoms with Gasteiger partial charge in [-0.15, -0.1) is 0 Å². The number of aromatic carboxylic acids is 1. The van der Waals surface area contributed by atoms with Crippen LogP contribution in [0.5, 0.6) is 0 Å². The summed E-state index contributed by atoms with van der Waals surface area (Å²) in [6.07, 6.45) is 1.99. The van der Waals surface area contributed by atoms with E-state index in [0.717, 1.165) is 11.3 Å². The lowest BCUT2D eigenvalue weighted by atomic mass is 10.1. The summed E-state index contributed by atoms with van der Waals surface area (Å²) in [6.45, 7) is 2.43. The van der Waals surface area contributed by atoms with Gasteiger partial charge in [-0.05, 0) is 36.9 Å². The van der Waals surface area contributed by atoms with Crippen LogP contribution in [-0.4, -0.2) is 47.6 Å². The quantitative estimate of drug-likeness (QED) is 0.870. The van der Waals surface area contributed by atoms with Crippen molar-refractivity contribution in [3.63, 3.8) is 0 Å². The molecule has 2 amide bonds. The van der Waals surface area contributed by atoms with E-state index in [1.54, 1.807) is 42.8 Å². The fourth-order valence-corrected chi connectivity index (χ4v) is 1.93. The lowest BCUT2D eigenvalue weighted by molar-refractivity contribution is 0.0697. The van der Waals surface area contributed by atoms with Crippen molar-refractivity contribution in [1.82, 2.24) is 4.90 Å². The largest absolute Gasteiger partial charge is 0.478 e. The summed E-state index contributed by atoms with van der Waals surface area (Å²) in [4.78, 5) is 24.3. The number of aryl methyl sites for hydroxylation is 1.